The van der Waals surface area contributed by atoms with Crippen molar-refractivity contribution >= 4 is 63.7 Å². The van der Waals surface area contributed by atoms with Gasteiger partial charge in [-0.05, 0) is 54.9 Å². The number of nitrogens with two attached hydrogens (primary N) is 1. The maximum absolute atomic E-state index is 13.3. The van der Waals surface area contributed by atoms with Crippen LogP contribution >= 0.6 is 35.1 Å². The van der Waals surface area contributed by atoms with Gasteiger partial charge < -0.3 is 25.9 Å². The van der Waals surface area contributed by atoms with Gasteiger partial charge in [0.25, 0.3) is 11.8 Å². The lowest BCUT2D eigenvalue weighted by Crippen LogP contribution is -2.71. The quantitative estimate of drug-likeness (QED) is 0.118. The van der Waals surface area contributed by atoms with E-state index >= 15 is 0 Å². The molecule has 0 radical (unpaired) electrons. The predicted octanol–water partition coefficient (Wildman–Crippen LogP) is 2.24. The van der Waals surface area contributed by atoms with Gasteiger partial charge in [-0.3, -0.25) is 19.9 Å². The average Bonchev–Trinajstić information content (AvgIpc) is 3.78. The van der Waals surface area contributed by atoms with Gasteiger partial charge in [-0.15, -0.1) is 18.3 Å². The number of hydrogen-bond donors (Lipinski definition) is 4. The molecule has 2 amide bonds. The monoisotopic (exact) mass is 655 g/mol. The van der Waals surface area contributed by atoms with Gasteiger partial charge in [0.2, 0.25) is 11.5 Å². The van der Waals surface area contributed by atoms with Crippen LogP contribution in [0.1, 0.15) is 31.5 Å². The number of allylic oxidation sites excluding steroid dienone is 3. The Morgan fingerprint density at radius 1 is 1.32 bits per heavy atom. The highest BCUT2D eigenvalue weighted by Crippen LogP contribution is 2.41. The normalized spacial score (nSPS) is 23.2. The Morgan fingerprint density at radius 3 is 2.86 bits per heavy atom. The maximum atomic E-state index is 13.3. The molecule has 2 fully saturated rings. The molecular formula is C27H29N9O5S3. The molecule has 2 atom stereocenters. The van der Waals surface area contributed by atoms with E-state index in [0.29, 0.717) is 17.9 Å². The third kappa shape index (κ3) is 5.94. The molecule has 0 unspecified atom stereocenters. The number of aromatic nitrogens is 2. The number of hydrazine groups is 1. The van der Waals surface area contributed by atoms with E-state index in [1.54, 1.807) is 11.5 Å². The van der Waals surface area contributed by atoms with Gasteiger partial charge in [-0.25, -0.2) is 9.80 Å². The van der Waals surface area contributed by atoms with E-state index < -0.39 is 29.2 Å². The minimum absolute atomic E-state index is 0.00287. The van der Waals surface area contributed by atoms with Crippen molar-refractivity contribution in [2.24, 2.45) is 5.16 Å². The topological polar surface area (TPSA) is 179 Å². The van der Waals surface area contributed by atoms with Crippen LogP contribution in [0.4, 0.5) is 5.13 Å². The molecule has 1 aliphatic carbocycles. The van der Waals surface area contributed by atoms with Crippen LogP contribution in [0, 0.1) is 0 Å². The van der Waals surface area contributed by atoms with Crippen LogP contribution < -0.4 is 16.5 Å². The smallest absolute Gasteiger partial charge is 0.352 e. The van der Waals surface area contributed by atoms with E-state index in [1.807, 2.05) is 40.5 Å². The number of amides is 2. The molecule has 17 heteroatoms. The summed E-state index contributed by atoms with van der Waals surface area (Å²) >= 11 is 3.66. The standard InChI is InChI=1S/C27H29N9O5S3/c1-2-10-34-11-12-35-18(34)8-7-17(31-35)42-13-9-15-14-43-25-20(24(38)36(25)21(15)26(39)40)29-23(37)19(22-30-27(28)44-33-22)32-41-16-5-3-4-6-16/h2,7-9,11-13,16,20,25,31H,1,3-6,10,14H2,(H,29,37)(H,39,40)(H2,28,30,33)/b13-9+,32-19-/t20-,25+/m1/s1. The molecule has 44 heavy (non-hydrogen) atoms. The number of carboxylic acids is 1. The molecule has 5 heterocycles. The van der Waals surface area contributed by atoms with Gasteiger partial charge in [-0.1, -0.05) is 23.0 Å². The summed E-state index contributed by atoms with van der Waals surface area (Å²) in [4.78, 5) is 51.7. The fourth-order valence-corrected chi connectivity index (χ4v) is 7.61. The molecule has 0 bridgehead atoms. The van der Waals surface area contributed by atoms with E-state index in [9.17, 15) is 19.5 Å². The molecule has 1 aromatic heterocycles. The molecule has 6 rings (SSSR count). The summed E-state index contributed by atoms with van der Waals surface area (Å²) in [6.45, 7) is 4.46. The van der Waals surface area contributed by atoms with Crippen molar-refractivity contribution in [2.45, 2.75) is 43.2 Å². The van der Waals surface area contributed by atoms with Crippen LogP contribution in [0.2, 0.25) is 0 Å². The van der Waals surface area contributed by atoms with Crippen molar-refractivity contribution < 1.29 is 24.3 Å². The van der Waals surface area contributed by atoms with E-state index in [-0.39, 0.29) is 28.5 Å². The number of carbonyl (C=O) groups excluding carboxylic acids is 2. The number of carbonyl (C=O) groups is 3. The number of nitrogens with one attached hydrogen (secondary N) is 2. The highest BCUT2D eigenvalue weighted by molar-refractivity contribution is 8.05. The molecule has 1 saturated heterocycles. The number of thioether (sulfide) groups is 2. The van der Waals surface area contributed by atoms with Gasteiger partial charge in [0.05, 0.1) is 5.03 Å². The molecule has 1 aromatic rings. The van der Waals surface area contributed by atoms with Gasteiger partial charge in [0.15, 0.2) is 5.13 Å². The van der Waals surface area contributed by atoms with Crippen LogP contribution in [0.3, 0.4) is 0 Å². The van der Waals surface area contributed by atoms with Crippen LogP contribution in [-0.4, -0.2) is 82.6 Å². The number of aliphatic carboxylic acids is 1. The SMILES string of the molecule is C=CCN1C=CN2NC(S/C=C/C3=C(C(=O)O)N4C(=O)[C@@H](NC(=O)/C(=N\OC5CCCC5)c5nsc(N)n5)[C@@H]4SC3)=CC=C12. The van der Waals surface area contributed by atoms with Crippen molar-refractivity contribution in [1.29, 1.82) is 0 Å². The lowest BCUT2D eigenvalue weighted by Gasteiger charge is -2.49. The van der Waals surface area contributed by atoms with Crippen LogP contribution in [0.15, 0.2) is 76.0 Å². The lowest BCUT2D eigenvalue weighted by molar-refractivity contribution is -0.150. The lowest BCUT2D eigenvalue weighted by atomic mass is 10.0. The second kappa shape index (κ2) is 12.8. The summed E-state index contributed by atoms with van der Waals surface area (Å²) in [5.74, 6) is -1.16. The van der Waals surface area contributed by atoms with E-state index in [1.165, 1.54) is 28.4 Å². The number of oxime groups is 1. The number of nitrogens with zero attached hydrogens (tertiary/aromatic N) is 6. The van der Waals surface area contributed by atoms with Crippen molar-refractivity contribution in [3.63, 3.8) is 0 Å². The molecule has 14 nitrogen and oxygen atoms in total. The molecule has 230 valence electrons. The molecule has 4 aliphatic heterocycles. The summed E-state index contributed by atoms with van der Waals surface area (Å²) in [5, 5.41) is 20.8. The molecule has 5 N–H and O–H groups in total. The summed E-state index contributed by atoms with van der Waals surface area (Å²) in [7, 11) is 0. The maximum Gasteiger partial charge on any atom is 0.352 e. The first-order valence-corrected chi connectivity index (χ1v) is 16.5. The van der Waals surface area contributed by atoms with E-state index in [0.717, 1.165) is 48.1 Å². The number of anilines is 1. The Kier molecular flexibility index (Phi) is 8.67. The molecule has 0 aromatic carbocycles. The third-order valence-corrected chi connectivity index (χ3v) is 9.89. The number of fused-ring (bicyclic) bond motifs is 2. The first-order chi connectivity index (χ1) is 21.3. The minimum atomic E-state index is -1.22. The Balaban J connectivity index is 1.12. The van der Waals surface area contributed by atoms with Crippen molar-refractivity contribution in [1.82, 2.24) is 34.9 Å². The largest absolute Gasteiger partial charge is 0.477 e. The van der Waals surface area contributed by atoms with Crippen LogP contribution in [-0.2, 0) is 19.2 Å². The average molecular weight is 656 g/mol. The van der Waals surface area contributed by atoms with E-state index in [4.69, 9.17) is 10.6 Å². The Hall–Kier alpha value is -4.22. The zero-order valence-electron chi connectivity index (χ0n) is 23.3. The summed E-state index contributed by atoms with van der Waals surface area (Å²) in [6, 6.07) is -0.957. The summed E-state index contributed by atoms with van der Waals surface area (Å²) in [6.07, 6.45) is 14.9. The minimum Gasteiger partial charge on any atom is -0.477 e. The number of rotatable bonds is 11. The third-order valence-electron chi connectivity index (χ3n) is 7.29. The summed E-state index contributed by atoms with van der Waals surface area (Å²) < 4.78 is 4.08. The second-order valence-corrected chi connectivity index (χ2v) is 13.0. The van der Waals surface area contributed by atoms with Gasteiger partial charge in [-0.2, -0.15) is 9.36 Å². The first-order valence-electron chi connectivity index (χ1n) is 13.8. The van der Waals surface area contributed by atoms with Crippen LogP contribution in [0.25, 0.3) is 0 Å². The summed E-state index contributed by atoms with van der Waals surface area (Å²) in [5.41, 5.74) is 9.20. The molecule has 1 saturated carbocycles. The Bertz CT molecular complexity index is 1560. The van der Waals surface area contributed by atoms with E-state index in [2.05, 4.69) is 31.8 Å². The number of hydrogen-bond acceptors (Lipinski definition) is 14. The zero-order valence-corrected chi connectivity index (χ0v) is 25.7. The second-order valence-electron chi connectivity index (χ2n) is 10.1. The predicted molar refractivity (Wildman–Crippen MR) is 168 cm³/mol. The zero-order chi connectivity index (χ0) is 30.8. The number of carboxylic acid groups (broad SMARTS) is 1. The van der Waals surface area contributed by atoms with Gasteiger partial charge in [0, 0.05) is 36.2 Å². The Labute approximate surface area is 265 Å². The molecular weight excluding hydrogens is 627 g/mol. The number of nitrogen functional groups attached to an aromatic ring is 1. The fourth-order valence-electron chi connectivity index (χ4n) is 5.18. The number of β-lactam (4-membered cyclic amide) rings is 1. The van der Waals surface area contributed by atoms with Gasteiger partial charge >= 0.3 is 5.97 Å². The molecule has 0 spiro atoms. The fraction of sp³-hybridized carbons (Fsp3) is 0.333. The van der Waals surface area contributed by atoms with Gasteiger partial charge in [0.1, 0.15) is 29.0 Å². The first kappa shape index (κ1) is 29.8. The molecule has 5 aliphatic rings. The highest BCUT2D eigenvalue weighted by Gasteiger charge is 2.54. The van der Waals surface area contributed by atoms with Crippen LogP contribution in [0.5, 0.6) is 0 Å². The Morgan fingerprint density at radius 2 is 2.14 bits per heavy atom. The highest BCUT2D eigenvalue weighted by atomic mass is 32.2. The van der Waals surface area contributed by atoms with Crippen molar-refractivity contribution in [2.75, 3.05) is 18.0 Å². The van der Waals surface area contributed by atoms with Crippen molar-refractivity contribution in [3.05, 3.63) is 76.6 Å². The van der Waals surface area contributed by atoms with Crippen molar-refractivity contribution in [3.8, 4) is 0 Å².